The third kappa shape index (κ3) is 2.28. The third-order valence-electron chi connectivity index (χ3n) is 7.22. The molecule has 4 atom stereocenters. The van der Waals surface area contributed by atoms with Crippen molar-refractivity contribution in [1.29, 1.82) is 0 Å². The van der Waals surface area contributed by atoms with Gasteiger partial charge in [0.1, 0.15) is 0 Å². The Hall–Kier alpha value is -1.21. The van der Waals surface area contributed by atoms with Crippen LogP contribution in [0, 0.1) is 29.1 Å². The minimum absolute atomic E-state index is 0.513. The number of hydrogen-bond donors (Lipinski definition) is 0. The monoisotopic (exact) mass is 334 g/mol. The fraction of sp³-hybridized carbons (Fsp3) is 0.478. The summed E-state index contributed by atoms with van der Waals surface area (Å²) in [6.45, 7) is 0. The summed E-state index contributed by atoms with van der Waals surface area (Å²) in [7, 11) is 0. The summed E-state index contributed by atoms with van der Waals surface area (Å²) >= 11 is 2.23. The Morgan fingerprint density at radius 3 is 1.62 bits per heavy atom. The molecule has 0 radical (unpaired) electrons. The maximum atomic E-state index is 2.36. The molecule has 0 amide bonds. The molecule has 2 aromatic carbocycles. The van der Waals surface area contributed by atoms with Crippen molar-refractivity contribution in [3.8, 4) is 0 Å². The van der Waals surface area contributed by atoms with Crippen molar-refractivity contribution in [2.75, 3.05) is 11.5 Å². The molecule has 0 spiro atoms. The van der Waals surface area contributed by atoms with E-state index in [2.05, 4.69) is 72.4 Å². The highest BCUT2D eigenvalue weighted by molar-refractivity contribution is 7.99. The molecule has 2 aromatic rings. The molecule has 5 rings (SSSR count). The summed E-state index contributed by atoms with van der Waals surface area (Å²) in [6.07, 6.45) is 5.53. The topological polar surface area (TPSA) is 0 Å². The summed E-state index contributed by atoms with van der Waals surface area (Å²) < 4.78 is 0. The Bertz CT molecular complexity index is 631. The molecule has 3 aliphatic rings. The number of benzene rings is 2. The van der Waals surface area contributed by atoms with Gasteiger partial charge in [-0.05, 0) is 77.4 Å². The molecule has 1 heteroatoms. The Balaban J connectivity index is 1.54. The van der Waals surface area contributed by atoms with Crippen LogP contribution in [0.3, 0.4) is 0 Å². The van der Waals surface area contributed by atoms with Crippen LogP contribution in [0.25, 0.3) is 0 Å². The van der Waals surface area contributed by atoms with E-state index in [0.717, 1.165) is 23.7 Å². The Labute approximate surface area is 150 Å². The van der Waals surface area contributed by atoms with Gasteiger partial charge in [-0.2, -0.15) is 11.8 Å². The van der Waals surface area contributed by atoms with Gasteiger partial charge in [0.15, 0.2) is 0 Å². The van der Waals surface area contributed by atoms with Crippen LogP contribution in [0.15, 0.2) is 60.7 Å². The Kier molecular flexibility index (Phi) is 3.74. The maximum Gasteiger partial charge on any atom is -0.00331 e. The van der Waals surface area contributed by atoms with Gasteiger partial charge in [-0.1, -0.05) is 60.7 Å². The fourth-order valence-corrected chi connectivity index (χ4v) is 8.08. The first-order valence-corrected chi connectivity index (χ1v) is 10.7. The van der Waals surface area contributed by atoms with Crippen molar-refractivity contribution in [2.24, 2.45) is 29.1 Å². The predicted octanol–water partition coefficient (Wildman–Crippen LogP) is 5.48. The van der Waals surface area contributed by atoms with Gasteiger partial charge < -0.3 is 0 Å². The summed E-state index contributed by atoms with van der Waals surface area (Å²) in [5.41, 5.74) is 3.62. The smallest absolute Gasteiger partial charge is 0.00331 e. The summed E-state index contributed by atoms with van der Waals surface area (Å²) in [6, 6.07) is 22.6. The lowest BCUT2D eigenvalue weighted by molar-refractivity contribution is 0.174. The van der Waals surface area contributed by atoms with E-state index in [4.69, 9.17) is 0 Å². The van der Waals surface area contributed by atoms with E-state index in [9.17, 15) is 0 Å². The van der Waals surface area contributed by atoms with E-state index in [0.29, 0.717) is 5.41 Å². The molecule has 2 aliphatic carbocycles. The van der Waals surface area contributed by atoms with Crippen molar-refractivity contribution in [3.63, 3.8) is 0 Å². The first-order valence-electron chi connectivity index (χ1n) is 9.52. The van der Waals surface area contributed by atoms with Crippen molar-refractivity contribution in [2.45, 2.75) is 25.7 Å². The zero-order chi connectivity index (χ0) is 16.0. The van der Waals surface area contributed by atoms with E-state index in [1.807, 2.05) is 0 Å². The van der Waals surface area contributed by atoms with Crippen LogP contribution in [0.2, 0.25) is 0 Å². The Morgan fingerprint density at radius 1 is 0.708 bits per heavy atom. The lowest BCUT2D eigenvalue weighted by atomic mass is 9.68. The second-order valence-corrected chi connectivity index (χ2v) is 9.29. The van der Waals surface area contributed by atoms with Crippen molar-refractivity contribution in [1.82, 2.24) is 0 Å². The molecule has 2 unspecified atom stereocenters. The quantitative estimate of drug-likeness (QED) is 0.714. The zero-order valence-electron chi connectivity index (χ0n) is 14.2. The number of thioether (sulfide) groups is 1. The first-order chi connectivity index (χ1) is 11.9. The highest BCUT2D eigenvalue weighted by Crippen LogP contribution is 2.68. The fourth-order valence-electron chi connectivity index (χ4n) is 6.45. The van der Waals surface area contributed by atoms with Crippen LogP contribution in [0.1, 0.15) is 24.0 Å². The first kappa shape index (κ1) is 15.1. The van der Waals surface area contributed by atoms with Crippen LogP contribution in [-0.4, -0.2) is 11.5 Å². The SMILES string of the molecule is c1ccc(CC2(Cc3ccccc3)C3CCC2[C@@H]2CSC[C@H]32)cc1. The standard InChI is InChI=1S/C23H26S/c1-3-7-17(8-4-1)13-23(14-18-9-5-2-6-10-18)21-11-12-22(23)20-16-24-15-19(20)21/h1-10,19-22H,11-16H2/t19-,20+,21?,22?. The summed E-state index contributed by atoms with van der Waals surface area (Å²) in [4.78, 5) is 0. The molecule has 3 fully saturated rings. The van der Waals surface area contributed by atoms with Crippen LogP contribution < -0.4 is 0 Å². The van der Waals surface area contributed by atoms with E-state index >= 15 is 0 Å². The molecule has 0 N–H and O–H groups in total. The normalized spacial score (nSPS) is 32.8. The number of fused-ring (bicyclic) bond motifs is 5. The van der Waals surface area contributed by atoms with E-state index in [-0.39, 0.29) is 0 Å². The van der Waals surface area contributed by atoms with Gasteiger partial charge in [0.05, 0.1) is 0 Å². The van der Waals surface area contributed by atoms with Gasteiger partial charge in [0, 0.05) is 0 Å². The van der Waals surface area contributed by atoms with E-state index in [1.165, 1.54) is 37.2 Å². The van der Waals surface area contributed by atoms with Gasteiger partial charge in [0.2, 0.25) is 0 Å². The second-order valence-electron chi connectivity index (χ2n) is 8.21. The largest absolute Gasteiger partial charge is 0.161 e. The minimum Gasteiger partial charge on any atom is -0.161 e. The van der Waals surface area contributed by atoms with Crippen LogP contribution in [0.5, 0.6) is 0 Å². The van der Waals surface area contributed by atoms with Gasteiger partial charge >= 0.3 is 0 Å². The minimum atomic E-state index is 0.513. The Morgan fingerprint density at radius 2 is 1.17 bits per heavy atom. The molecule has 2 saturated carbocycles. The van der Waals surface area contributed by atoms with E-state index in [1.54, 1.807) is 11.1 Å². The number of rotatable bonds is 4. The van der Waals surface area contributed by atoms with Crippen LogP contribution in [-0.2, 0) is 12.8 Å². The molecule has 2 bridgehead atoms. The van der Waals surface area contributed by atoms with Crippen molar-refractivity contribution >= 4 is 11.8 Å². The van der Waals surface area contributed by atoms with Gasteiger partial charge in [0.25, 0.3) is 0 Å². The maximum absolute atomic E-state index is 2.36. The molecular weight excluding hydrogens is 308 g/mol. The molecule has 1 saturated heterocycles. The highest BCUT2D eigenvalue weighted by atomic mass is 32.2. The average Bonchev–Trinajstić information content (AvgIpc) is 3.28. The van der Waals surface area contributed by atoms with Crippen molar-refractivity contribution < 1.29 is 0 Å². The molecule has 0 nitrogen and oxygen atoms in total. The van der Waals surface area contributed by atoms with Crippen LogP contribution >= 0.6 is 11.8 Å². The highest BCUT2D eigenvalue weighted by Gasteiger charge is 2.63. The third-order valence-corrected chi connectivity index (χ3v) is 8.46. The second kappa shape index (κ2) is 5.95. The molecule has 1 aliphatic heterocycles. The van der Waals surface area contributed by atoms with Gasteiger partial charge in [-0.25, -0.2) is 0 Å². The summed E-state index contributed by atoms with van der Waals surface area (Å²) in [5.74, 6) is 6.75. The van der Waals surface area contributed by atoms with Gasteiger partial charge in [-0.3, -0.25) is 0 Å². The predicted molar refractivity (Wildman–Crippen MR) is 103 cm³/mol. The average molecular weight is 335 g/mol. The molecule has 24 heavy (non-hydrogen) atoms. The lowest BCUT2D eigenvalue weighted by Crippen LogP contribution is -2.34. The zero-order valence-corrected chi connectivity index (χ0v) is 15.1. The van der Waals surface area contributed by atoms with E-state index < -0.39 is 0 Å². The number of hydrogen-bond acceptors (Lipinski definition) is 1. The lowest BCUT2D eigenvalue weighted by Gasteiger charge is -2.37. The van der Waals surface area contributed by atoms with Crippen molar-refractivity contribution in [3.05, 3.63) is 71.8 Å². The van der Waals surface area contributed by atoms with Gasteiger partial charge in [-0.15, -0.1) is 0 Å². The summed E-state index contributed by atoms with van der Waals surface area (Å²) in [5, 5.41) is 0. The van der Waals surface area contributed by atoms with Crippen LogP contribution in [0.4, 0.5) is 0 Å². The molecule has 0 aromatic heterocycles. The molecular formula is C23H26S. The molecule has 124 valence electrons. The molecule has 1 heterocycles.